The predicted octanol–water partition coefficient (Wildman–Crippen LogP) is 4.04. The van der Waals surface area contributed by atoms with E-state index in [2.05, 4.69) is 0 Å². The van der Waals surface area contributed by atoms with Crippen LogP contribution in [0.5, 0.6) is 0 Å². The minimum atomic E-state index is -8.94. The second-order valence-corrected chi connectivity index (χ2v) is 8.27. The Morgan fingerprint density at radius 2 is 0.917 bits per heavy atom. The van der Waals surface area contributed by atoms with E-state index >= 15 is 0 Å². The van der Waals surface area contributed by atoms with E-state index in [9.17, 15) is 87.8 Å². The number of sulfonamides is 1. The normalized spacial score (nSPS) is 15.6. The number of hydrogen-bond acceptors (Lipinski definition) is 3. The van der Waals surface area contributed by atoms with E-state index in [1.54, 1.807) is 0 Å². The maximum absolute atomic E-state index is 13.9. The van der Waals surface area contributed by atoms with Crippen LogP contribution in [0.15, 0.2) is 0 Å². The van der Waals surface area contributed by atoms with Gasteiger partial charge in [0.2, 0.25) is 0 Å². The van der Waals surface area contributed by atoms with Gasteiger partial charge in [0.1, 0.15) is 6.54 Å². The van der Waals surface area contributed by atoms with Crippen LogP contribution in [-0.2, 0) is 14.8 Å². The summed E-state index contributed by atoms with van der Waals surface area (Å²) in [6.45, 7) is -3.51. The van der Waals surface area contributed by atoms with E-state index in [0.717, 1.165) is 0 Å². The SMILES string of the molecule is CCN(CC(=O)O)S(=O)(=O)C(F)(F)C(F)(F)C(F)(F)C(F)(F)C(F)(F)C(F)(F)C(F)(F)C(F)(F)F.[KH]. The molecule has 212 valence electrons. The molecule has 0 amide bonds. The summed E-state index contributed by atoms with van der Waals surface area (Å²) in [4.78, 5) is 10.4. The molecule has 0 atom stereocenters. The summed E-state index contributed by atoms with van der Waals surface area (Å²) in [6.07, 6.45) is -7.92. The van der Waals surface area contributed by atoms with Gasteiger partial charge in [-0.2, -0.15) is 78.9 Å². The van der Waals surface area contributed by atoms with Gasteiger partial charge in [0, 0.05) is 6.54 Å². The summed E-state index contributed by atoms with van der Waals surface area (Å²) in [5, 5.41) is 0.555. The zero-order chi connectivity index (χ0) is 29.1. The van der Waals surface area contributed by atoms with E-state index in [1.165, 1.54) is 0 Å². The molecule has 0 heterocycles. The molecule has 0 aliphatic carbocycles. The van der Waals surface area contributed by atoms with Gasteiger partial charge in [-0.05, 0) is 0 Å². The van der Waals surface area contributed by atoms with E-state index in [0.29, 0.717) is 6.92 Å². The maximum atomic E-state index is 13.9. The average Bonchev–Trinajstić information content (AvgIpc) is 2.63. The van der Waals surface area contributed by atoms with Gasteiger partial charge in [-0.1, -0.05) is 6.92 Å². The van der Waals surface area contributed by atoms with Gasteiger partial charge >= 0.3 is 104 Å². The van der Waals surface area contributed by atoms with Crippen molar-refractivity contribution >= 4 is 67.4 Å². The number of carboxylic acid groups (broad SMARTS) is 1. The standard InChI is InChI=1S/C12H8F17NO4S.K.H/c1-2-30(3-4(31)32)35(33,34)12(28,29)10(23,24)8(19,20)6(15,16)5(13,14)7(17,18)9(21,22)11(25,26)27;;/h2-3H2,1H3,(H,31,32);;. The molecule has 0 rings (SSSR count). The van der Waals surface area contributed by atoms with Crippen molar-refractivity contribution in [2.75, 3.05) is 13.1 Å². The zero-order valence-corrected chi connectivity index (χ0v) is 16.7. The molecule has 0 spiro atoms. The summed E-state index contributed by atoms with van der Waals surface area (Å²) >= 11 is 0. The number of rotatable bonds is 11. The molecule has 24 heteroatoms. The van der Waals surface area contributed by atoms with Crippen molar-refractivity contribution in [1.82, 2.24) is 4.31 Å². The van der Waals surface area contributed by atoms with Crippen molar-refractivity contribution in [1.29, 1.82) is 0 Å². The molecule has 0 fully saturated rings. The third kappa shape index (κ3) is 5.19. The first-order valence-electron chi connectivity index (χ1n) is 7.80. The fraction of sp³-hybridized carbons (Fsp3) is 0.917. The van der Waals surface area contributed by atoms with Gasteiger partial charge in [0.15, 0.2) is 0 Å². The number of carbonyl (C=O) groups is 1. The fourth-order valence-electron chi connectivity index (χ4n) is 1.99. The molecule has 0 aliphatic heterocycles. The van der Waals surface area contributed by atoms with Crippen LogP contribution in [-0.4, -0.2) is 135 Å². The summed E-state index contributed by atoms with van der Waals surface area (Å²) < 4.78 is 245. The Morgan fingerprint density at radius 3 is 1.17 bits per heavy atom. The van der Waals surface area contributed by atoms with Crippen LogP contribution >= 0.6 is 0 Å². The van der Waals surface area contributed by atoms with Crippen LogP contribution in [0, 0.1) is 0 Å². The van der Waals surface area contributed by atoms with Gasteiger partial charge in [-0.25, -0.2) is 8.42 Å². The molecule has 0 radical (unpaired) electrons. The molecule has 36 heavy (non-hydrogen) atoms. The Bertz CT molecular complexity index is 917. The van der Waals surface area contributed by atoms with Gasteiger partial charge in [-0.3, -0.25) is 4.79 Å². The summed E-state index contributed by atoms with van der Waals surface area (Å²) in [7, 11) is -7.58. The van der Waals surface area contributed by atoms with Gasteiger partial charge < -0.3 is 5.11 Å². The molecule has 0 aliphatic rings. The number of aliphatic carboxylic acids is 1. The molecular weight excluding hydrogens is 616 g/mol. The summed E-state index contributed by atoms with van der Waals surface area (Å²) in [6, 6.07) is 0. The Kier molecular flexibility index (Phi) is 11.0. The molecule has 0 saturated heterocycles. The first-order valence-corrected chi connectivity index (χ1v) is 9.24. The van der Waals surface area contributed by atoms with Crippen LogP contribution in [0.2, 0.25) is 0 Å². The Balaban J connectivity index is 0. The molecule has 0 bridgehead atoms. The van der Waals surface area contributed by atoms with Gasteiger partial charge in [-0.15, -0.1) is 0 Å². The van der Waals surface area contributed by atoms with Crippen LogP contribution < -0.4 is 0 Å². The van der Waals surface area contributed by atoms with Crippen LogP contribution in [0.25, 0.3) is 0 Å². The minimum absolute atomic E-state index is 0. The second kappa shape index (κ2) is 10.4. The molecule has 0 aromatic carbocycles. The van der Waals surface area contributed by atoms with Crippen LogP contribution in [0.1, 0.15) is 6.92 Å². The number of halogens is 17. The number of likely N-dealkylation sites (N-methyl/N-ethyl adjacent to an activating group) is 1. The Morgan fingerprint density at radius 1 is 0.639 bits per heavy atom. The first kappa shape index (κ1) is 38.0. The van der Waals surface area contributed by atoms with Crippen LogP contribution in [0.3, 0.4) is 0 Å². The molecule has 0 aromatic heterocycles. The number of hydrogen-bond donors (Lipinski definition) is 1. The van der Waals surface area contributed by atoms with Gasteiger partial charge in [0.05, 0.1) is 0 Å². The number of alkyl halides is 17. The van der Waals surface area contributed by atoms with E-state index in [1.807, 2.05) is 0 Å². The zero-order valence-electron chi connectivity index (χ0n) is 15.9. The first-order chi connectivity index (χ1) is 14.9. The topological polar surface area (TPSA) is 74.7 Å². The fourth-order valence-corrected chi connectivity index (χ4v) is 3.39. The van der Waals surface area contributed by atoms with E-state index in [-0.39, 0.29) is 51.4 Å². The van der Waals surface area contributed by atoms with Crippen molar-refractivity contribution in [3.8, 4) is 0 Å². The average molecular weight is 625 g/mol. The molecule has 0 aromatic rings. The van der Waals surface area contributed by atoms with Crippen molar-refractivity contribution in [3.05, 3.63) is 0 Å². The predicted molar refractivity (Wildman–Crippen MR) is 81.6 cm³/mol. The van der Waals surface area contributed by atoms with Crippen molar-refractivity contribution in [2.24, 2.45) is 0 Å². The Hall–Kier alpha value is -0.174. The molecular formula is C12H9F17KNO4S. The molecule has 0 saturated carbocycles. The quantitative estimate of drug-likeness (QED) is 0.278. The Labute approximate surface area is 230 Å². The van der Waals surface area contributed by atoms with Crippen LogP contribution in [0.4, 0.5) is 74.6 Å². The molecule has 0 unspecified atom stereocenters. The number of nitrogens with zero attached hydrogens (tertiary/aromatic N) is 1. The van der Waals surface area contributed by atoms with Gasteiger partial charge in [0.25, 0.3) is 10.0 Å². The monoisotopic (exact) mass is 625 g/mol. The van der Waals surface area contributed by atoms with E-state index < -0.39 is 80.4 Å². The van der Waals surface area contributed by atoms with Crippen molar-refractivity contribution in [3.63, 3.8) is 0 Å². The third-order valence-electron chi connectivity index (χ3n) is 4.02. The summed E-state index contributed by atoms with van der Waals surface area (Å²) in [5.41, 5.74) is 0. The van der Waals surface area contributed by atoms with Crippen molar-refractivity contribution in [2.45, 2.75) is 53.9 Å². The van der Waals surface area contributed by atoms with Crippen molar-refractivity contribution < 1.29 is 93.0 Å². The second-order valence-electron chi connectivity index (χ2n) is 6.29. The third-order valence-corrected chi connectivity index (χ3v) is 5.99. The van der Waals surface area contributed by atoms with E-state index in [4.69, 9.17) is 5.11 Å². The molecule has 1 N–H and O–H groups in total. The summed E-state index contributed by atoms with van der Waals surface area (Å²) in [5.74, 6) is -54.7. The number of carboxylic acids is 1. The molecule has 5 nitrogen and oxygen atoms in total.